The Labute approximate surface area is 266 Å². The van der Waals surface area contributed by atoms with Gasteiger partial charge in [0.05, 0.1) is 5.41 Å². The van der Waals surface area contributed by atoms with Gasteiger partial charge in [-0.25, -0.2) is 0 Å². The first-order chi connectivity index (χ1) is 22.0. The van der Waals surface area contributed by atoms with E-state index in [1.54, 1.807) is 7.05 Å². The monoisotopic (exact) mass is 600 g/mol. The molecule has 3 aromatic rings. The largest absolute Gasteiger partial charge is 0.481 e. The number of ether oxygens (including phenoxy) is 1. The van der Waals surface area contributed by atoms with Crippen molar-refractivity contribution in [3.8, 4) is 29.7 Å². The topological polar surface area (TPSA) is 87.7 Å². The number of allylic oxidation sites excluding steroid dienone is 3. The molecule has 0 bridgehead atoms. The number of carbonyl (C=O) groups excluding carboxylic acids is 1. The molecule has 0 heterocycles. The summed E-state index contributed by atoms with van der Waals surface area (Å²) in [6.45, 7) is 0.654. The van der Waals surface area contributed by atoms with Gasteiger partial charge in [-0.2, -0.15) is 0 Å². The Morgan fingerprint density at radius 1 is 0.778 bits per heavy atom. The molecule has 3 aromatic carbocycles. The summed E-state index contributed by atoms with van der Waals surface area (Å²) in [5.41, 5.74) is 5.41. The maximum absolute atomic E-state index is 12.5. The van der Waals surface area contributed by atoms with Crippen LogP contribution in [0.3, 0.4) is 0 Å². The Bertz CT molecular complexity index is 1560. The van der Waals surface area contributed by atoms with E-state index in [4.69, 9.17) is 9.84 Å². The second-order valence-electron chi connectivity index (χ2n) is 10.8. The summed E-state index contributed by atoms with van der Waals surface area (Å²) in [6.07, 6.45) is 9.01. The van der Waals surface area contributed by atoms with Crippen LogP contribution < -0.4 is 15.4 Å². The van der Waals surface area contributed by atoms with Gasteiger partial charge in [0, 0.05) is 51.4 Å². The molecule has 0 saturated carbocycles. The van der Waals surface area contributed by atoms with Crippen molar-refractivity contribution in [2.24, 2.45) is 0 Å². The van der Waals surface area contributed by atoms with Crippen LogP contribution in [-0.2, 0) is 15.0 Å². The third-order valence-electron chi connectivity index (χ3n) is 7.73. The van der Waals surface area contributed by atoms with Crippen LogP contribution >= 0.6 is 0 Å². The second kappa shape index (κ2) is 17.2. The summed E-state index contributed by atoms with van der Waals surface area (Å²) in [5.74, 6) is 5.43. The van der Waals surface area contributed by atoms with Gasteiger partial charge in [-0.3, -0.25) is 9.59 Å². The van der Waals surface area contributed by atoms with Crippen LogP contribution in [0.25, 0.3) is 0 Å². The zero-order valence-corrected chi connectivity index (χ0v) is 25.8. The molecule has 1 aliphatic rings. The molecule has 0 aromatic heterocycles. The molecule has 6 nitrogen and oxygen atoms in total. The van der Waals surface area contributed by atoms with Crippen molar-refractivity contribution in [1.29, 1.82) is 0 Å². The highest BCUT2D eigenvalue weighted by Gasteiger charge is 2.40. The molecule has 0 radical (unpaired) electrons. The SMILES string of the molecule is CNC#CCCCC(=O)Oc1ccc(C(C2=CC=C(CNC#CCCCC(=O)O)CC2)(c2ccccc2)c2ccccc2)cc1. The summed E-state index contributed by atoms with van der Waals surface area (Å²) in [5, 5.41) is 14.7. The molecule has 1 aliphatic carbocycles. The number of carboxylic acids is 1. The molecular weight excluding hydrogens is 560 g/mol. The summed E-state index contributed by atoms with van der Waals surface area (Å²) >= 11 is 0. The molecule has 3 N–H and O–H groups in total. The Kier molecular flexibility index (Phi) is 12.5. The quantitative estimate of drug-likeness (QED) is 0.0504. The highest BCUT2D eigenvalue weighted by atomic mass is 16.5. The third kappa shape index (κ3) is 9.15. The predicted molar refractivity (Wildman–Crippen MR) is 178 cm³/mol. The van der Waals surface area contributed by atoms with Crippen LogP contribution in [-0.4, -0.2) is 30.6 Å². The van der Waals surface area contributed by atoms with Gasteiger partial charge in [-0.1, -0.05) is 108 Å². The zero-order valence-electron chi connectivity index (χ0n) is 25.8. The minimum absolute atomic E-state index is 0.138. The smallest absolute Gasteiger partial charge is 0.311 e. The number of carbonyl (C=O) groups is 2. The molecule has 0 fully saturated rings. The van der Waals surface area contributed by atoms with Gasteiger partial charge in [0.25, 0.3) is 0 Å². The first kappa shape index (κ1) is 32.7. The molecule has 230 valence electrons. The van der Waals surface area contributed by atoms with Crippen molar-refractivity contribution in [3.63, 3.8) is 0 Å². The number of rotatable bonds is 13. The molecule has 0 atom stereocenters. The highest BCUT2D eigenvalue weighted by molar-refractivity contribution is 5.72. The maximum atomic E-state index is 12.5. The van der Waals surface area contributed by atoms with Crippen LogP contribution in [0.5, 0.6) is 5.75 Å². The number of benzene rings is 3. The van der Waals surface area contributed by atoms with Gasteiger partial charge >= 0.3 is 11.9 Å². The molecule has 0 unspecified atom stereocenters. The predicted octanol–water partition coefficient (Wildman–Crippen LogP) is 6.73. The van der Waals surface area contributed by atoms with Gasteiger partial charge < -0.3 is 20.5 Å². The Hall–Kier alpha value is -5.20. The molecule has 45 heavy (non-hydrogen) atoms. The molecule has 0 saturated heterocycles. The standard InChI is InChI=1S/C39H40N2O4/c1-40-28-12-5-11-19-38(44)45-36-26-24-35(25-27-36)39(32-14-6-2-7-15-32,33-16-8-3-9-17-33)34-22-20-31(21-23-34)30-41-29-13-4-10-18-37(42)43/h2-3,6-9,14-17,20,22,24-27,40-41H,4-5,10-11,18-19,21,23,30H2,1H3,(H,42,43). The summed E-state index contributed by atoms with van der Waals surface area (Å²) < 4.78 is 5.67. The average molecular weight is 601 g/mol. The van der Waals surface area contributed by atoms with Crippen LogP contribution in [0.1, 0.15) is 68.1 Å². The lowest BCUT2D eigenvalue weighted by Gasteiger charge is -2.39. The lowest BCUT2D eigenvalue weighted by Crippen LogP contribution is -2.33. The fourth-order valence-corrected chi connectivity index (χ4v) is 5.61. The van der Waals surface area contributed by atoms with Crippen molar-refractivity contribution in [2.45, 2.75) is 56.8 Å². The second-order valence-corrected chi connectivity index (χ2v) is 10.8. The Morgan fingerprint density at radius 2 is 1.38 bits per heavy atom. The minimum atomic E-state index is -0.793. The zero-order chi connectivity index (χ0) is 31.7. The van der Waals surface area contributed by atoms with E-state index in [2.05, 4.69) is 107 Å². The van der Waals surface area contributed by atoms with Crippen molar-refractivity contribution in [2.75, 3.05) is 13.6 Å². The number of hydrogen-bond donors (Lipinski definition) is 3. The average Bonchev–Trinajstić information content (AvgIpc) is 3.07. The van der Waals surface area contributed by atoms with Gasteiger partial charge in [0.15, 0.2) is 0 Å². The first-order valence-electron chi connectivity index (χ1n) is 15.4. The van der Waals surface area contributed by atoms with E-state index in [0.29, 0.717) is 44.4 Å². The highest BCUT2D eigenvalue weighted by Crippen LogP contribution is 2.48. The first-order valence-corrected chi connectivity index (χ1v) is 15.4. The Balaban J connectivity index is 1.61. The lowest BCUT2D eigenvalue weighted by molar-refractivity contribution is -0.137. The van der Waals surface area contributed by atoms with Crippen LogP contribution in [0.2, 0.25) is 0 Å². The normalized spacial score (nSPS) is 12.3. The van der Waals surface area contributed by atoms with Crippen LogP contribution in [0, 0.1) is 23.9 Å². The van der Waals surface area contributed by atoms with Gasteiger partial charge in [-0.05, 0) is 54.5 Å². The van der Waals surface area contributed by atoms with E-state index >= 15 is 0 Å². The Morgan fingerprint density at radius 3 is 1.96 bits per heavy atom. The van der Waals surface area contributed by atoms with Crippen molar-refractivity contribution in [1.82, 2.24) is 10.6 Å². The molecule has 0 spiro atoms. The fraction of sp³-hybridized carbons (Fsp3) is 0.282. The van der Waals surface area contributed by atoms with E-state index in [0.717, 1.165) is 29.5 Å². The van der Waals surface area contributed by atoms with Gasteiger partial charge in [0.2, 0.25) is 0 Å². The number of aliphatic carboxylic acids is 1. The van der Waals surface area contributed by atoms with Gasteiger partial charge in [-0.15, -0.1) is 0 Å². The molecule has 6 heteroatoms. The molecular formula is C39H40N2O4. The van der Waals surface area contributed by atoms with Crippen LogP contribution in [0.4, 0.5) is 0 Å². The number of nitrogens with one attached hydrogen (secondary N) is 2. The van der Waals surface area contributed by atoms with Gasteiger partial charge in [0.1, 0.15) is 5.75 Å². The number of unbranched alkanes of at least 4 members (excludes halogenated alkanes) is 2. The van der Waals surface area contributed by atoms with E-state index in [9.17, 15) is 9.59 Å². The summed E-state index contributed by atoms with van der Waals surface area (Å²) in [6, 6.07) is 34.8. The van der Waals surface area contributed by atoms with E-state index < -0.39 is 11.4 Å². The van der Waals surface area contributed by atoms with E-state index in [1.165, 1.54) is 11.1 Å². The van der Waals surface area contributed by atoms with E-state index in [1.807, 2.05) is 24.3 Å². The fourth-order valence-electron chi connectivity index (χ4n) is 5.61. The van der Waals surface area contributed by atoms with Crippen molar-refractivity contribution in [3.05, 3.63) is 125 Å². The lowest BCUT2D eigenvalue weighted by atomic mass is 9.63. The van der Waals surface area contributed by atoms with Crippen molar-refractivity contribution >= 4 is 11.9 Å². The molecule has 0 aliphatic heterocycles. The number of carboxylic acid groups (broad SMARTS) is 1. The molecule has 0 amide bonds. The van der Waals surface area contributed by atoms with E-state index in [-0.39, 0.29) is 12.4 Å². The van der Waals surface area contributed by atoms with Crippen molar-refractivity contribution < 1.29 is 19.4 Å². The summed E-state index contributed by atoms with van der Waals surface area (Å²) in [7, 11) is 1.76. The number of esters is 1. The van der Waals surface area contributed by atoms with Crippen LogP contribution in [0.15, 0.2) is 108 Å². The number of hydrogen-bond acceptors (Lipinski definition) is 5. The summed E-state index contributed by atoms with van der Waals surface area (Å²) in [4.78, 5) is 23.2. The minimum Gasteiger partial charge on any atom is -0.481 e. The third-order valence-corrected chi connectivity index (χ3v) is 7.73. The maximum Gasteiger partial charge on any atom is 0.311 e. The molecule has 4 rings (SSSR count).